The number of aliphatic hydroxyl groups is 1. The third-order valence-electron chi connectivity index (χ3n) is 2.38. The van der Waals surface area contributed by atoms with Crippen molar-refractivity contribution >= 4 is 0 Å². The minimum absolute atomic E-state index is 0.176. The number of rotatable bonds is 8. The molecule has 0 aliphatic rings. The second kappa shape index (κ2) is 7.44. The van der Waals surface area contributed by atoms with Crippen LogP contribution in [0.15, 0.2) is 12.7 Å². The van der Waals surface area contributed by atoms with E-state index in [4.69, 9.17) is 10.4 Å². The van der Waals surface area contributed by atoms with E-state index in [9.17, 15) is 0 Å². The molecule has 0 aliphatic heterocycles. The zero-order chi connectivity index (χ0) is 11.7. The summed E-state index contributed by atoms with van der Waals surface area (Å²) in [6, 6.07) is 2.29. The highest BCUT2D eigenvalue weighted by atomic mass is 16.3. The summed E-state index contributed by atoms with van der Waals surface area (Å²) in [4.78, 5) is 2.14. The summed E-state index contributed by atoms with van der Waals surface area (Å²) >= 11 is 0. The van der Waals surface area contributed by atoms with E-state index in [2.05, 4.69) is 17.5 Å². The Morgan fingerprint density at radius 3 is 2.60 bits per heavy atom. The monoisotopic (exact) mass is 210 g/mol. The Kier molecular flexibility index (Phi) is 7.02. The molecule has 0 rings (SSSR count). The second-order valence-electron chi connectivity index (χ2n) is 4.41. The first-order valence-corrected chi connectivity index (χ1v) is 5.41. The van der Waals surface area contributed by atoms with Crippen LogP contribution in [0.2, 0.25) is 0 Å². The van der Waals surface area contributed by atoms with E-state index in [0.29, 0.717) is 6.54 Å². The molecule has 0 fully saturated rings. The molecule has 0 heterocycles. The minimum atomic E-state index is -0.237. The summed E-state index contributed by atoms with van der Waals surface area (Å²) in [5.41, 5.74) is -0.237. The number of nitrogens with zero attached hydrogens (tertiary/aromatic N) is 2. The Morgan fingerprint density at radius 1 is 1.47 bits per heavy atom. The van der Waals surface area contributed by atoms with Crippen LogP contribution < -0.4 is 0 Å². The molecule has 3 heteroatoms. The van der Waals surface area contributed by atoms with E-state index in [1.165, 1.54) is 0 Å². The molecule has 15 heavy (non-hydrogen) atoms. The van der Waals surface area contributed by atoms with Crippen LogP contribution in [-0.2, 0) is 0 Å². The van der Waals surface area contributed by atoms with Gasteiger partial charge in [-0.05, 0) is 33.2 Å². The third kappa shape index (κ3) is 7.12. The SMILES string of the molecule is C=CCN(CCO)CCCC(C)(C)C#N. The van der Waals surface area contributed by atoms with Crippen LogP contribution >= 0.6 is 0 Å². The average Bonchev–Trinajstić information content (AvgIpc) is 2.18. The van der Waals surface area contributed by atoms with Crippen molar-refractivity contribution in [2.24, 2.45) is 5.41 Å². The van der Waals surface area contributed by atoms with Gasteiger partial charge in [0.2, 0.25) is 0 Å². The third-order valence-corrected chi connectivity index (χ3v) is 2.38. The van der Waals surface area contributed by atoms with E-state index < -0.39 is 0 Å². The van der Waals surface area contributed by atoms with Crippen molar-refractivity contribution in [3.63, 3.8) is 0 Å². The van der Waals surface area contributed by atoms with Gasteiger partial charge in [0.15, 0.2) is 0 Å². The second-order valence-corrected chi connectivity index (χ2v) is 4.41. The standard InChI is InChI=1S/C12H22N2O/c1-4-7-14(9-10-15)8-5-6-12(2,3)11-13/h4,15H,1,5-10H2,2-3H3. The van der Waals surface area contributed by atoms with Crippen LogP contribution in [0.3, 0.4) is 0 Å². The summed E-state index contributed by atoms with van der Waals surface area (Å²) in [5, 5.41) is 17.7. The molecule has 0 bridgehead atoms. The van der Waals surface area contributed by atoms with Gasteiger partial charge in [-0.3, -0.25) is 4.90 Å². The van der Waals surface area contributed by atoms with Crippen molar-refractivity contribution < 1.29 is 5.11 Å². The Labute approximate surface area is 93.0 Å². The van der Waals surface area contributed by atoms with Crippen molar-refractivity contribution in [1.82, 2.24) is 4.90 Å². The van der Waals surface area contributed by atoms with Crippen LogP contribution in [0.5, 0.6) is 0 Å². The molecular weight excluding hydrogens is 188 g/mol. The van der Waals surface area contributed by atoms with E-state index in [0.717, 1.165) is 25.9 Å². The van der Waals surface area contributed by atoms with Crippen molar-refractivity contribution in [3.8, 4) is 6.07 Å². The van der Waals surface area contributed by atoms with Gasteiger partial charge in [-0.25, -0.2) is 0 Å². The van der Waals surface area contributed by atoms with E-state index in [1.54, 1.807) is 0 Å². The number of hydrogen-bond acceptors (Lipinski definition) is 3. The summed E-state index contributed by atoms with van der Waals surface area (Å²) in [7, 11) is 0. The molecule has 1 N–H and O–H groups in total. The quantitative estimate of drug-likeness (QED) is 0.621. The Bertz CT molecular complexity index is 218. The highest BCUT2D eigenvalue weighted by Gasteiger charge is 2.16. The molecule has 3 nitrogen and oxygen atoms in total. The van der Waals surface area contributed by atoms with Gasteiger partial charge in [-0.1, -0.05) is 6.08 Å². The summed E-state index contributed by atoms with van der Waals surface area (Å²) in [6.07, 6.45) is 3.71. The van der Waals surface area contributed by atoms with Gasteiger partial charge in [-0.2, -0.15) is 5.26 Å². The van der Waals surface area contributed by atoms with Crippen molar-refractivity contribution in [3.05, 3.63) is 12.7 Å². The van der Waals surface area contributed by atoms with Gasteiger partial charge in [-0.15, -0.1) is 6.58 Å². The normalized spacial score (nSPS) is 11.4. The predicted octanol–water partition coefficient (Wildman–Crippen LogP) is 1.80. The lowest BCUT2D eigenvalue weighted by Gasteiger charge is -2.21. The highest BCUT2D eigenvalue weighted by molar-refractivity contribution is 4.91. The zero-order valence-corrected chi connectivity index (χ0v) is 9.87. The van der Waals surface area contributed by atoms with Crippen LogP contribution in [0.1, 0.15) is 26.7 Å². The molecule has 86 valence electrons. The van der Waals surface area contributed by atoms with E-state index in [-0.39, 0.29) is 12.0 Å². The summed E-state index contributed by atoms with van der Waals surface area (Å²) < 4.78 is 0. The summed E-state index contributed by atoms with van der Waals surface area (Å²) in [5.74, 6) is 0. The van der Waals surface area contributed by atoms with E-state index in [1.807, 2.05) is 19.9 Å². The fraction of sp³-hybridized carbons (Fsp3) is 0.750. The average molecular weight is 210 g/mol. The molecule has 0 unspecified atom stereocenters. The highest BCUT2D eigenvalue weighted by Crippen LogP contribution is 2.20. The Morgan fingerprint density at radius 2 is 2.13 bits per heavy atom. The molecule has 0 aromatic carbocycles. The maximum atomic E-state index is 8.85. The summed E-state index contributed by atoms with van der Waals surface area (Å²) in [6.45, 7) is 10.2. The lowest BCUT2D eigenvalue weighted by atomic mass is 9.90. The topological polar surface area (TPSA) is 47.3 Å². The minimum Gasteiger partial charge on any atom is -0.395 e. The molecule has 0 radical (unpaired) electrons. The van der Waals surface area contributed by atoms with Crippen molar-refractivity contribution in [1.29, 1.82) is 5.26 Å². The number of hydrogen-bond donors (Lipinski definition) is 1. The smallest absolute Gasteiger partial charge is 0.0683 e. The van der Waals surface area contributed by atoms with Gasteiger partial charge in [0, 0.05) is 13.1 Å². The lowest BCUT2D eigenvalue weighted by molar-refractivity contribution is 0.202. The Balaban J connectivity index is 3.80. The maximum Gasteiger partial charge on any atom is 0.0683 e. The molecule has 0 aliphatic carbocycles. The Hall–Kier alpha value is -0.850. The number of nitriles is 1. The van der Waals surface area contributed by atoms with Crippen LogP contribution in [0.4, 0.5) is 0 Å². The van der Waals surface area contributed by atoms with Crippen molar-refractivity contribution in [2.75, 3.05) is 26.2 Å². The predicted molar refractivity (Wildman–Crippen MR) is 62.4 cm³/mol. The molecule has 0 amide bonds. The van der Waals surface area contributed by atoms with Crippen LogP contribution in [0.25, 0.3) is 0 Å². The lowest BCUT2D eigenvalue weighted by Crippen LogP contribution is -2.28. The van der Waals surface area contributed by atoms with Gasteiger partial charge in [0.1, 0.15) is 0 Å². The van der Waals surface area contributed by atoms with E-state index >= 15 is 0 Å². The van der Waals surface area contributed by atoms with Gasteiger partial charge < -0.3 is 5.11 Å². The first-order valence-electron chi connectivity index (χ1n) is 5.41. The zero-order valence-electron chi connectivity index (χ0n) is 9.87. The fourth-order valence-electron chi connectivity index (χ4n) is 1.42. The maximum absolute atomic E-state index is 8.85. The van der Waals surface area contributed by atoms with Gasteiger partial charge in [0.25, 0.3) is 0 Å². The largest absolute Gasteiger partial charge is 0.395 e. The van der Waals surface area contributed by atoms with Crippen LogP contribution in [0, 0.1) is 16.7 Å². The molecule has 0 aromatic rings. The number of aliphatic hydroxyl groups excluding tert-OH is 1. The first-order chi connectivity index (χ1) is 7.05. The van der Waals surface area contributed by atoms with Gasteiger partial charge >= 0.3 is 0 Å². The fourth-order valence-corrected chi connectivity index (χ4v) is 1.42. The molecule has 0 aromatic heterocycles. The molecular formula is C12H22N2O. The first kappa shape index (κ1) is 14.2. The van der Waals surface area contributed by atoms with Crippen molar-refractivity contribution in [2.45, 2.75) is 26.7 Å². The van der Waals surface area contributed by atoms with Crippen LogP contribution in [-0.4, -0.2) is 36.2 Å². The molecule has 0 saturated heterocycles. The molecule has 0 saturated carbocycles. The van der Waals surface area contributed by atoms with Gasteiger partial charge in [0.05, 0.1) is 18.1 Å². The molecule has 0 spiro atoms. The molecule has 0 atom stereocenters.